The minimum absolute atomic E-state index is 0.191. The van der Waals surface area contributed by atoms with Crippen molar-refractivity contribution >= 4 is 17.7 Å². The van der Waals surface area contributed by atoms with Crippen LogP contribution in [0.1, 0.15) is 19.3 Å². The first kappa shape index (κ1) is 18.1. The number of aliphatic hydroxyl groups excluding tert-OH is 1. The number of nitrogens with one attached hydrogen (secondary N) is 2. The number of aliphatic hydroxyl groups is 1. The maximum Gasteiger partial charge on any atom is 0.319 e. The number of anilines is 1. The van der Waals surface area contributed by atoms with Crippen molar-refractivity contribution in [2.75, 3.05) is 11.9 Å². The van der Waals surface area contributed by atoms with Crippen molar-refractivity contribution in [1.82, 2.24) is 5.32 Å². The second-order valence-electron chi connectivity index (χ2n) is 5.48. The van der Waals surface area contributed by atoms with Crippen LogP contribution in [0, 0.1) is 11.6 Å². The first-order valence-corrected chi connectivity index (χ1v) is 7.39. The van der Waals surface area contributed by atoms with Gasteiger partial charge in [-0.25, -0.2) is 13.6 Å². The lowest BCUT2D eigenvalue weighted by Crippen LogP contribution is -2.52. The van der Waals surface area contributed by atoms with E-state index in [0.717, 1.165) is 18.2 Å². The largest absolute Gasteiger partial charge is 0.481 e. The van der Waals surface area contributed by atoms with Gasteiger partial charge < -0.3 is 25.6 Å². The number of benzene rings is 1. The van der Waals surface area contributed by atoms with E-state index in [0.29, 0.717) is 12.8 Å². The number of carboxylic acid groups (broad SMARTS) is 1. The highest BCUT2D eigenvalue weighted by molar-refractivity contribution is 5.89. The number of carbonyl (C=O) groups is 2. The second kappa shape index (κ2) is 8.02. The Morgan fingerprint density at radius 3 is 2.71 bits per heavy atom. The Morgan fingerprint density at radius 2 is 2.04 bits per heavy atom. The van der Waals surface area contributed by atoms with E-state index in [1.165, 1.54) is 0 Å². The van der Waals surface area contributed by atoms with Gasteiger partial charge in [0.05, 0.1) is 30.9 Å². The average Bonchev–Trinajstić information content (AvgIpc) is 2.51. The van der Waals surface area contributed by atoms with Crippen molar-refractivity contribution in [3.8, 4) is 0 Å². The van der Waals surface area contributed by atoms with Gasteiger partial charge in [0.2, 0.25) is 0 Å². The molecule has 0 aliphatic carbocycles. The number of hydrogen-bond donors (Lipinski definition) is 4. The molecule has 9 heteroatoms. The van der Waals surface area contributed by atoms with Crippen LogP contribution in [0.15, 0.2) is 18.2 Å². The normalized spacial score (nSPS) is 23.5. The minimum Gasteiger partial charge on any atom is -0.481 e. The van der Waals surface area contributed by atoms with Gasteiger partial charge in [0, 0.05) is 6.07 Å². The van der Waals surface area contributed by atoms with E-state index in [2.05, 4.69) is 10.6 Å². The molecule has 1 aliphatic rings. The third kappa shape index (κ3) is 4.87. The molecule has 1 aromatic rings. The van der Waals surface area contributed by atoms with E-state index in [-0.39, 0.29) is 12.1 Å². The molecule has 132 valence electrons. The standard InChI is InChI=1S/C15H18F2N2O5/c16-8-1-3-10(17)12(5-8)19-15(23)18-11-4-2-9(6-14(21)22)24-13(11)7-20/h1,3,5,9,11,13,20H,2,4,6-7H2,(H,21,22)(H2,18,19,23)/t9-,11+,13-/m1/s1. The quantitative estimate of drug-likeness (QED) is 0.647. The summed E-state index contributed by atoms with van der Waals surface area (Å²) >= 11 is 0. The zero-order chi connectivity index (χ0) is 17.7. The summed E-state index contributed by atoms with van der Waals surface area (Å²) in [7, 11) is 0. The smallest absolute Gasteiger partial charge is 0.319 e. The van der Waals surface area contributed by atoms with Crippen LogP contribution in [0.4, 0.5) is 19.3 Å². The Balaban J connectivity index is 1.93. The van der Waals surface area contributed by atoms with E-state index in [1.54, 1.807) is 0 Å². The van der Waals surface area contributed by atoms with E-state index >= 15 is 0 Å². The van der Waals surface area contributed by atoms with Gasteiger partial charge in [0.15, 0.2) is 0 Å². The van der Waals surface area contributed by atoms with Crippen LogP contribution in [-0.2, 0) is 9.53 Å². The van der Waals surface area contributed by atoms with E-state index in [4.69, 9.17) is 9.84 Å². The predicted molar refractivity (Wildman–Crippen MR) is 79.5 cm³/mol. The highest BCUT2D eigenvalue weighted by Gasteiger charge is 2.32. The average molecular weight is 344 g/mol. The third-order valence-electron chi connectivity index (χ3n) is 3.69. The Bertz CT molecular complexity index is 614. The van der Waals surface area contributed by atoms with Crippen molar-refractivity contribution in [3.63, 3.8) is 0 Å². The molecular formula is C15H18F2N2O5. The molecule has 0 aromatic heterocycles. The van der Waals surface area contributed by atoms with E-state index < -0.39 is 48.5 Å². The predicted octanol–water partition coefficient (Wildman–Crippen LogP) is 1.47. The van der Waals surface area contributed by atoms with Gasteiger partial charge in [-0.15, -0.1) is 0 Å². The summed E-state index contributed by atoms with van der Waals surface area (Å²) in [6.45, 7) is -0.407. The molecule has 1 aliphatic heterocycles. The first-order chi connectivity index (χ1) is 11.4. The van der Waals surface area contributed by atoms with Gasteiger partial charge in [-0.3, -0.25) is 4.79 Å². The summed E-state index contributed by atoms with van der Waals surface area (Å²) in [6, 6.07) is 1.32. The minimum atomic E-state index is -1.01. The lowest BCUT2D eigenvalue weighted by atomic mass is 9.97. The molecule has 3 atom stereocenters. The van der Waals surface area contributed by atoms with Gasteiger partial charge in [-0.1, -0.05) is 0 Å². The molecule has 0 bridgehead atoms. The van der Waals surface area contributed by atoms with E-state index in [9.17, 15) is 23.5 Å². The fourth-order valence-electron chi connectivity index (χ4n) is 2.56. The first-order valence-electron chi connectivity index (χ1n) is 7.39. The zero-order valence-electron chi connectivity index (χ0n) is 12.7. The van der Waals surface area contributed by atoms with Crippen LogP contribution in [-0.4, -0.2) is 47.1 Å². The number of rotatable bonds is 5. The second-order valence-corrected chi connectivity index (χ2v) is 5.48. The highest BCUT2D eigenvalue weighted by Crippen LogP contribution is 2.22. The molecule has 0 unspecified atom stereocenters. The summed E-state index contributed by atoms with van der Waals surface area (Å²) in [5.74, 6) is -2.49. The lowest BCUT2D eigenvalue weighted by Gasteiger charge is -2.35. The number of amides is 2. The number of hydrogen-bond acceptors (Lipinski definition) is 4. The van der Waals surface area contributed by atoms with Crippen LogP contribution >= 0.6 is 0 Å². The SMILES string of the molecule is O=C(O)C[C@H]1CC[C@H](NC(=O)Nc2cc(F)ccc2F)[C@@H](CO)O1. The number of halogens is 2. The van der Waals surface area contributed by atoms with Gasteiger partial charge in [0.1, 0.15) is 17.7 Å². The highest BCUT2D eigenvalue weighted by atomic mass is 19.1. The fraction of sp³-hybridized carbons (Fsp3) is 0.467. The Hall–Kier alpha value is -2.26. The van der Waals surface area contributed by atoms with Crippen molar-refractivity contribution in [3.05, 3.63) is 29.8 Å². The molecule has 0 saturated carbocycles. The molecule has 1 fully saturated rings. The molecule has 1 saturated heterocycles. The number of carbonyl (C=O) groups excluding carboxylic acids is 1. The van der Waals surface area contributed by atoms with Crippen LogP contribution in [0.25, 0.3) is 0 Å². The molecule has 0 radical (unpaired) electrons. The maximum atomic E-state index is 13.5. The number of carboxylic acids is 1. The van der Waals surface area contributed by atoms with Crippen LogP contribution < -0.4 is 10.6 Å². The van der Waals surface area contributed by atoms with Crippen molar-refractivity contribution in [2.45, 2.75) is 37.5 Å². The summed E-state index contributed by atoms with van der Waals surface area (Å²) in [5, 5.41) is 22.8. The molecule has 1 heterocycles. The Morgan fingerprint density at radius 1 is 1.29 bits per heavy atom. The summed E-state index contributed by atoms with van der Waals surface area (Å²) in [4.78, 5) is 22.6. The molecule has 2 rings (SSSR count). The molecule has 7 nitrogen and oxygen atoms in total. The third-order valence-corrected chi connectivity index (χ3v) is 3.69. The van der Waals surface area contributed by atoms with Gasteiger partial charge in [-0.2, -0.15) is 0 Å². The van der Waals surface area contributed by atoms with Crippen LogP contribution in [0.3, 0.4) is 0 Å². The Labute approximate surface area is 136 Å². The number of aliphatic carboxylic acids is 1. The molecule has 2 amide bonds. The van der Waals surface area contributed by atoms with Gasteiger partial charge >= 0.3 is 12.0 Å². The monoisotopic (exact) mass is 344 g/mol. The maximum absolute atomic E-state index is 13.5. The fourth-order valence-corrected chi connectivity index (χ4v) is 2.56. The van der Waals surface area contributed by atoms with Crippen molar-refractivity contribution < 1.29 is 33.3 Å². The molecule has 0 spiro atoms. The van der Waals surface area contributed by atoms with E-state index in [1.807, 2.05) is 0 Å². The van der Waals surface area contributed by atoms with Gasteiger partial charge in [0.25, 0.3) is 0 Å². The van der Waals surface area contributed by atoms with Gasteiger partial charge in [-0.05, 0) is 25.0 Å². The summed E-state index contributed by atoms with van der Waals surface area (Å²) in [5.41, 5.74) is -0.312. The number of ether oxygens (including phenoxy) is 1. The summed E-state index contributed by atoms with van der Waals surface area (Å²) < 4.78 is 32.0. The van der Waals surface area contributed by atoms with Crippen molar-refractivity contribution in [1.29, 1.82) is 0 Å². The molecular weight excluding hydrogens is 326 g/mol. The number of urea groups is 1. The molecule has 24 heavy (non-hydrogen) atoms. The molecule has 1 aromatic carbocycles. The van der Waals surface area contributed by atoms with Crippen molar-refractivity contribution in [2.24, 2.45) is 0 Å². The van der Waals surface area contributed by atoms with Crippen LogP contribution in [0.2, 0.25) is 0 Å². The topological polar surface area (TPSA) is 108 Å². The lowest BCUT2D eigenvalue weighted by molar-refractivity contribution is -0.145. The molecule has 4 N–H and O–H groups in total. The van der Waals surface area contributed by atoms with Crippen LogP contribution in [0.5, 0.6) is 0 Å². The zero-order valence-corrected chi connectivity index (χ0v) is 12.7. The Kier molecular flexibility index (Phi) is 6.04. The summed E-state index contributed by atoms with van der Waals surface area (Å²) in [6.07, 6.45) is -0.721.